The molecule has 13 heavy (non-hydrogen) atoms. The molecule has 4 N–H and O–H groups in total. The SMILES string of the molecule is CNCC(N)CC1CCC(O)CC1. The van der Waals surface area contributed by atoms with Crippen molar-refractivity contribution < 1.29 is 5.11 Å². The Bertz CT molecular complexity index is 133. The minimum absolute atomic E-state index is 0.0447. The molecule has 0 saturated heterocycles. The van der Waals surface area contributed by atoms with E-state index in [1.807, 2.05) is 7.05 Å². The van der Waals surface area contributed by atoms with Crippen LogP contribution < -0.4 is 11.1 Å². The van der Waals surface area contributed by atoms with Gasteiger partial charge in [-0.05, 0) is 45.1 Å². The van der Waals surface area contributed by atoms with E-state index in [1.54, 1.807) is 0 Å². The Morgan fingerprint density at radius 1 is 1.38 bits per heavy atom. The van der Waals surface area contributed by atoms with E-state index in [-0.39, 0.29) is 12.1 Å². The number of rotatable bonds is 4. The Kier molecular flexibility index (Phi) is 4.70. The molecule has 0 heterocycles. The third-order valence-corrected chi connectivity index (χ3v) is 2.92. The summed E-state index contributed by atoms with van der Waals surface area (Å²) in [6.45, 7) is 0.902. The number of nitrogens with one attached hydrogen (secondary N) is 1. The van der Waals surface area contributed by atoms with Gasteiger partial charge >= 0.3 is 0 Å². The number of aliphatic hydroxyl groups excluding tert-OH is 1. The molecule has 0 aromatic carbocycles. The largest absolute Gasteiger partial charge is 0.393 e. The van der Waals surface area contributed by atoms with Crippen LogP contribution >= 0.6 is 0 Å². The fraction of sp³-hybridized carbons (Fsp3) is 1.00. The fourth-order valence-electron chi connectivity index (χ4n) is 2.15. The lowest BCUT2D eigenvalue weighted by Gasteiger charge is -2.27. The molecule has 1 fully saturated rings. The summed E-state index contributed by atoms with van der Waals surface area (Å²) in [7, 11) is 1.94. The van der Waals surface area contributed by atoms with Crippen molar-refractivity contribution in [1.82, 2.24) is 5.32 Å². The normalized spacial score (nSPS) is 31.6. The van der Waals surface area contributed by atoms with Gasteiger partial charge in [0, 0.05) is 12.6 Å². The van der Waals surface area contributed by atoms with E-state index in [2.05, 4.69) is 5.32 Å². The van der Waals surface area contributed by atoms with E-state index >= 15 is 0 Å². The summed E-state index contributed by atoms with van der Waals surface area (Å²) in [5.74, 6) is 0.742. The van der Waals surface area contributed by atoms with Gasteiger partial charge in [-0.25, -0.2) is 0 Å². The molecule has 0 amide bonds. The van der Waals surface area contributed by atoms with Gasteiger partial charge in [-0.1, -0.05) is 0 Å². The van der Waals surface area contributed by atoms with Gasteiger partial charge in [-0.3, -0.25) is 0 Å². The van der Waals surface area contributed by atoms with Crippen molar-refractivity contribution in [2.75, 3.05) is 13.6 Å². The van der Waals surface area contributed by atoms with Gasteiger partial charge in [-0.15, -0.1) is 0 Å². The zero-order valence-corrected chi connectivity index (χ0v) is 8.50. The van der Waals surface area contributed by atoms with E-state index in [1.165, 1.54) is 0 Å². The summed E-state index contributed by atoms with van der Waals surface area (Å²) < 4.78 is 0. The molecular formula is C10H22N2O. The van der Waals surface area contributed by atoms with E-state index < -0.39 is 0 Å². The van der Waals surface area contributed by atoms with Gasteiger partial charge in [0.1, 0.15) is 0 Å². The lowest BCUT2D eigenvalue weighted by atomic mass is 9.83. The second-order valence-electron chi connectivity index (χ2n) is 4.23. The van der Waals surface area contributed by atoms with Crippen molar-refractivity contribution in [3.05, 3.63) is 0 Å². The third kappa shape index (κ3) is 4.07. The molecule has 1 aliphatic rings. The Morgan fingerprint density at radius 2 is 2.00 bits per heavy atom. The standard InChI is InChI=1S/C10H22N2O/c1-12-7-9(11)6-8-2-4-10(13)5-3-8/h8-10,12-13H,2-7,11H2,1H3. The smallest absolute Gasteiger partial charge is 0.0540 e. The second kappa shape index (κ2) is 5.58. The summed E-state index contributed by atoms with van der Waals surface area (Å²) >= 11 is 0. The van der Waals surface area contributed by atoms with Gasteiger partial charge in [0.2, 0.25) is 0 Å². The van der Waals surface area contributed by atoms with Crippen LogP contribution in [-0.4, -0.2) is 30.8 Å². The van der Waals surface area contributed by atoms with Gasteiger partial charge in [0.15, 0.2) is 0 Å². The molecular weight excluding hydrogens is 164 g/mol. The molecule has 1 unspecified atom stereocenters. The fourth-order valence-corrected chi connectivity index (χ4v) is 2.15. The van der Waals surface area contributed by atoms with Crippen LogP contribution in [0.15, 0.2) is 0 Å². The maximum Gasteiger partial charge on any atom is 0.0540 e. The summed E-state index contributed by atoms with van der Waals surface area (Å²) in [5, 5.41) is 12.4. The predicted octanol–water partition coefficient (Wildman–Crippen LogP) is 0.474. The number of aliphatic hydroxyl groups is 1. The van der Waals surface area contributed by atoms with Gasteiger partial charge in [0.25, 0.3) is 0 Å². The molecule has 1 aliphatic carbocycles. The van der Waals surface area contributed by atoms with Gasteiger partial charge < -0.3 is 16.2 Å². The number of hydrogen-bond donors (Lipinski definition) is 3. The summed E-state index contributed by atoms with van der Waals surface area (Å²) in [6.07, 6.45) is 5.30. The highest BCUT2D eigenvalue weighted by atomic mass is 16.3. The Labute approximate surface area is 80.7 Å². The maximum atomic E-state index is 9.32. The number of nitrogens with two attached hydrogens (primary N) is 1. The zero-order chi connectivity index (χ0) is 9.68. The van der Waals surface area contributed by atoms with E-state index in [0.29, 0.717) is 0 Å². The van der Waals surface area contributed by atoms with Crippen LogP contribution in [0.25, 0.3) is 0 Å². The van der Waals surface area contributed by atoms with Crippen molar-refractivity contribution in [1.29, 1.82) is 0 Å². The van der Waals surface area contributed by atoms with Crippen molar-refractivity contribution >= 4 is 0 Å². The number of hydrogen-bond acceptors (Lipinski definition) is 3. The average Bonchev–Trinajstić information content (AvgIpc) is 2.09. The molecule has 0 spiro atoms. The molecule has 0 bridgehead atoms. The second-order valence-corrected chi connectivity index (χ2v) is 4.23. The Morgan fingerprint density at radius 3 is 2.54 bits per heavy atom. The molecule has 0 aromatic rings. The highest BCUT2D eigenvalue weighted by Crippen LogP contribution is 2.27. The van der Waals surface area contributed by atoms with Crippen LogP contribution in [0.4, 0.5) is 0 Å². The van der Waals surface area contributed by atoms with Crippen LogP contribution in [0.1, 0.15) is 32.1 Å². The van der Waals surface area contributed by atoms with E-state index in [0.717, 1.165) is 44.6 Å². The monoisotopic (exact) mass is 186 g/mol. The first-order valence-electron chi connectivity index (χ1n) is 5.30. The van der Waals surface area contributed by atoms with Crippen molar-refractivity contribution in [3.63, 3.8) is 0 Å². The zero-order valence-electron chi connectivity index (χ0n) is 8.50. The minimum Gasteiger partial charge on any atom is -0.393 e. The van der Waals surface area contributed by atoms with Crippen molar-refractivity contribution in [2.24, 2.45) is 11.7 Å². The molecule has 0 aromatic heterocycles. The molecule has 1 rings (SSSR count). The molecule has 1 saturated carbocycles. The summed E-state index contributed by atoms with van der Waals surface area (Å²) in [6, 6.07) is 0.283. The lowest BCUT2D eigenvalue weighted by Crippen LogP contribution is -2.34. The van der Waals surface area contributed by atoms with Crippen LogP contribution in [0.5, 0.6) is 0 Å². The molecule has 3 nitrogen and oxygen atoms in total. The molecule has 0 aliphatic heterocycles. The van der Waals surface area contributed by atoms with Gasteiger partial charge in [0.05, 0.1) is 6.10 Å². The van der Waals surface area contributed by atoms with Crippen molar-refractivity contribution in [2.45, 2.75) is 44.2 Å². The van der Waals surface area contributed by atoms with Crippen molar-refractivity contribution in [3.8, 4) is 0 Å². The Balaban J connectivity index is 2.14. The van der Waals surface area contributed by atoms with Crippen LogP contribution in [-0.2, 0) is 0 Å². The average molecular weight is 186 g/mol. The molecule has 1 atom stereocenters. The van der Waals surface area contributed by atoms with Gasteiger partial charge in [-0.2, -0.15) is 0 Å². The van der Waals surface area contributed by atoms with E-state index in [4.69, 9.17) is 5.73 Å². The molecule has 0 radical (unpaired) electrons. The maximum absolute atomic E-state index is 9.32. The first kappa shape index (κ1) is 11.0. The topological polar surface area (TPSA) is 58.3 Å². The third-order valence-electron chi connectivity index (χ3n) is 2.92. The summed E-state index contributed by atoms with van der Waals surface area (Å²) in [4.78, 5) is 0. The highest BCUT2D eigenvalue weighted by molar-refractivity contribution is 4.76. The van der Waals surface area contributed by atoms with Crippen LogP contribution in [0.3, 0.4) is 0 Å². The Hall–Kier alpha value is -0.120. The molecule has 78 valence electrons. The first-order chi connectivity index (χ1) is 6.22. The predicted molar refractivity (Wildman–Crippen MR) is 54.5 cm³/mol. The number of likely N-dealkylation sites (N-methyl/N-ethyl adjacent to an activating group) is 1. The summed E-state index contributed by atoms with van der Waals surface area (Å²) in [5.41, 5.74) is 5.92. The lowest BCUT2D eigenvalue weighted by molar-refractivity contribution is 0.104. The van der Waals surface area contributed by atoms with E-state index in [9.17, 15) is 5.11 Å². The quantitative estimate of drug-likeness (QED) is 0.598. The molecule has 3 heteroatoms. The van der Waals surface area contributed by atoms with Crippen LogP contribution in [0.2, 0.25) is 0 Å². The minimum atomic E-state index is -0.0447. The highest BCUT2D eigenvalue weighted by Gasteiger charge is 2.20. The first-order valence-corrected chi connectivity index (χ1v) is 5.30. The van der Waals surface area contributed by atoms with Crippen LogP contribution in [0, 0.1) is 5.92 Å².